The first-order valence-electron chi connectivity index (χ1n) is 4.94. The van der Waals surface area contributed by atoms with Crippen LogP contribution in [0.3, 0.4) is 0 Å². The van der Waals surface area contributed by atoms with E-state index in [0.717, 1.165) is 10.9 Å². The Morgan fingerprint density at radius 2 is 2.00 bits per heavy atom. The van der Waals surface area contributed by atoms with E-state index in [2.05, 4.69) is 0 Å². The minimum atomic E-state index is -1.01. The molecule has 0 spiro atoms. The second-order valence-electron chi connectivity index (χ2n) is 4.23. The standard InChI is InChI=1S/C12H12ClNO2/c1-12(2,11(15)16)14-7-9(13)8-5-3-4-6-10(8)14/h3-7H,1-2H3,(H,15,16). The molecule has 2 rings (SSSR count). The van der Waals surface area contributed by atoms with E-state index in [9.17, 15) is 9.90 Å². The molecule has 0 fully saturated rings. The Morgan fingerprint density at radius 1 is 1.38 bits per heavy atom. The summed E-state index contributed by atoms with van der Waals surface area (Å²) in [4.78, 5) is 11.2. The second-order valence-corrected chi connectivity index (χ2v) is 4.64. The molecule has 1 heterocycles. The van der Waals surface area contributed by atoms with Crippen LogP contribution in [0.5, 0.6) is 0 Å². The third-order valence-electron chi connectivity index (χ3n) is 2.79. The van der Waals surface area contributed by atoms with Crippen LogP contribution in [-0.2, 0) is 10.3 Å². The number of carboxylic acids is 1. The number of fused-ring (bicyclic) bond motifs is 1. The molecule has 0 atom stereocenters. The zero-order chi connectivity index (χ0) is 11.9. The van der Waals surface area contributed by atoms with E-state index in [-0.39, 0.29) is 0 Å². The van der Waals surface area contributed by atoms with Gasteiger partial charge in [0.05, 0.1) is 10.5 Å². The van der Waals surface area contributed by atoms with Gasteiger partial charge in [0.25, 0.3) is 0 Å². The molecule has 0 radical (unpaired) electrons. The van der Waals surface area contributed by atoms with Crippen LogP contribution >= 0.6 is 11.6 Å². The number of hydrogen-bond acceptors (Lipinski definition) is 1. The molecule has 16 heavy (non-hydrogen) atoms. The van der Waals surface area contributed by atoms with Gasteiger partial charge in [0.2, 0.25) is 0 Å². The summed E-state index contributed by atoms with van der Waals surface area (Å²) in [6, 6.07) is 7.50. The van der Waals surface area contributed by atoms with Gasteiger partial charge in [-0.3, -0.25) is 0 Å². The highest BCUT2D eigenvalue weighted by Crippen LogP contribution is 2.30. The van der Waals surface area contributed by atoms with Crippen LogP contribution in [0, 0.1) is 0 Å². The number of para-hydroxylation sites is 1. The molecule has 3 nitrogen and oxygen atoms in total. The quantitative estimate of drug-likeness (QED) is 0.872. The van der Waals surface area contributed by atoms with Crippen LogP contribution in [0.2, 0.25) is 5.02 Å². The summed E-state index contributed by atoms with van der Waals surface area (Å²) in [7, 11) is 0. The average Bonchev–Trinajstić information content (AvgIpc) is 2.57. The molecule has 0 aliphatic carbocycles. The Labute approximate surface area is 98.3 Å². The zero-order valence-electron chi connectivity index (χ0n) is 9.07. The molecule has 0 amide bonds. The van der Waals surface area contributed by atoms with Gasteiger partial charge in [-0.2, -0.15) is 0 Å². The minimum Gasteiger partial charge on any atom is -0.480 e. The summed E-state index contributed by atoms with van der Waals surface area (Å²) in [6.45, 7) is 3.30. The Hall–Kier alpha value is -1.48. The topological polar surface area (TPSA) is 42.2 Å². The smallest absolute Gasteiger partial charge is 0.329 e. The monoisotopic (exact) mass is 237 g/mol. The normalized spacial score (nSPS) is 11.9. The molecule has 84 valence electrons. The molecule has 0 aliphatic rings. The van der Waals surface area contributed by atoms with Gasteiger partial charge in [-0.05, 0) is 19.9 Å². The lowest BCUT2D eigenvalue weighted by Crippen LogP contribution is -2.34. The molecule has 0 saturated carbocycles. The molecule has 4 heteroatoms. The van der Waals surface area contributed by atoms with Crippen molar-refractivity contribution < 1.29 is 9.90 Å². The van der Waals surface area contributed by atoms with Crippen molar-refractivity contribution in [1.29, 1.82) is 0 Å². The maximum atomic E-state index is 11.2. The zero-order valence-corrected chi connectivity index (χ0v) is 9.82. The molecule has 1 N–H and O–H groups in total. The van der Waals surface area contributed by atoms with Crippen LogP contribution < -0.4 is 0 Å². The van der Waals surface area contributed by atoms with E-state index in [1.54, 1.807) is 24.6 Å². The Morgan fingerprint density at radius 3 is 2.62 bits per heavy atom. The van der Waals surface area contributed by atoms with Crippen LogP contribution in [0.15, 0.2) is 30.5 Å². The summed E-state index contributed by atoms with van der Waals surface area (Å²) in [6.07, 6.45) is 1.67. The van der Waals surface area contributed by atoms with Gasteiger partial charge in [0, 0.05) is 11.6 Å². The molecular formula is C12H12ClNO2. The molecule has 0 unspecified atom stereocenters. The Bertz CT molecular complexity index is 557. The average molecular weight is 238 g/mol. The number of benzene rings is 1. The van der Waals surface area contributed by atoms with E-state index in [1.165, 1.54) is 0 Å². The Kier molecular flexibility index (Phi) is 2.43. The van der Waals surface area contributed by atoms with E-state index < -0.39 is 11.5 Å². The number of halogens is 1. The van der Waals surface area contributed by atoms with E-state index >= 15 is 0 Å². The number of rotatable bonds is 2. The number of nitrogens with zero attached hydrogens (tertiary/aromatic N) is 1. The maximum Gasteiger partial charge on any atom is 0.329 e. The third-order valence-corrected chi connectivity index (χ3v) is 3.09. The van der Waals surface area contributed by atoms with Crippen molar-refractivity contribution in [3.8, 4) is 0 Å². The molecule has 1 aromatic carbocycles. The van der Waals surface area contributed by atoms with Crippen molar-refractivity contribution in [2.75, 3.05) is 0 Å². The highest BCUT2D eigenvalue weighted by Gasteiger charge is 2.30. The fraction of sp³-hybridized carbons (Fsp3) is 0.250. The number of carboxylic acid groups (broad SMARTS) is 1. The minimum absolute atomic E-state index is 0.574. The molecule has 0 bridgehead atoms. The van der Waals surface area contributed by atoms with Crippen LogP contribution in [0.4, 0.5) is 0 Å². The van der Waals surface area contributed by atoms with E-state index in [4.69, 9.17) is 11.6 Å². The van der Waals surface area contributed by atoms with E-state index in [1.807, 2.05) is 24.3 Å². The van der Waals surface area contributed by atoms with Crippen molar-refractivity contribution in [3.63, 3.8) is 0 Å². The van der Waals surface area contributed by atoms with Gasteiger partial charge in [0.15, 0.2) is 0 Å². The van der Waals surface area contributed by atoms with Gasteiger partial charge in [-0.1, -0.05) is 29.8 Å². The van der Waals surface area contributed by atoms with Gasteiger partial charge < -0.3 is 9.67 Å². The van der Waals surface area contributed by atoms with Crippen molar-refractivity contribution >= 4 is 28.5 Å². The molecular weight excluding hydrogens is 226 g/mol. The summed E-state index contributed by atoms with van der Waals surface area (Å²) in [5.41, 5.74) is -0.174. The fourth-order valence-electron chi connectivity index (χ4n) is 1.70. The lowest BCUT2D eigenvalue weighted by Gasteiger charge is -2.22. The van der Waals surface area contributed by atoms with Gasteiger partial charge in [-0.15, -0.1) is 0 Å². The van der Waals surface area contributed by atoms with Crippen molar-refractivity contribution in [3.05, 3.63) is 35.5 Å². The SMILES string of the molecule is CC(C)(C(=O)O)n1cc(Cl)c2ccccc21. The Balaban J connectivity index is 2.75. The summed E-state index contributed by atoms with van der Waals surface area (Å²) < 4.78 is 1.69. The second kappa shape index (κ2) is 3.52. The molecule has 0 saturated heterocycles. The number of aliphatic carboxylic acids is 1. The lowest BCUT2D eigenvalue weighted by atomic mass is 10.1. The van der Waals surface area contributed by atoms with Crippen LogP contribution in [-0.4, -0.2) is 15.6 Å². The van der Waals surface area contributed by atoms with E-state index in [0.29, 0.717) is 5.02 Å². The first-order chi connectivity index (χ1) is 7.44. The summed E-state index contributed by atoms with van der Waals surface area (Å²) >= 11 is 6.07. The first kappa shape index (κ1) is 11.0. The largest absolute Gasteiger partial charge is 0.480 e. The maximum absolute atomic E-state index is 11.2. The van der Waals surface area contributed by atoms with Crippen molar-refractivity contribution in [1.82, 2.24) is 4.57 Å². The molecule has 0 aliphatic heterocycles. The number of aromatic nitrogens is 1. The predicted molar refractivity (Wildman–Crippen MR) is 63.9 cm³/mol. The third kappa shape index (κ3) is 1.48. The van der Waals surface area contributed by atoms with Crippen LogP contribution in [0.25, 0.3) is 10.9 Å². The summed E-state index contributed by atoms with van der Waals surface area (Å²) in [5, 5.41) is 10.6. The van der Waals surface area contributed by atoms with Crippen molar-refractivity contribution in [2.24, 2.45) is 0 Å². The lowest BCUT2D eigenvalue weighted by molar-refractivity contribution is -0.145. The van der Waals surface area contributed by atoms with Gasteiger partial charge in [0.1, 0.15) is 5.54 Å². The predicted octanol–water partition coefficient (Wildman–Crippen LogP) is 3.11. The summed E-state index contributed by atoms with van der Waals surface area (Å²) in [5.74, 6) is -0.884. The first-order valence-corrected chi connectivity index (χ1v) is 5.32. The highest BCUT2D eigenvalue weighted by atomic mass is 35.5. The highest BCUT2D eigenvalue weighted by molar-refractivity contribution is 6.35. The number of hydrogen-bond donors (Lipinski definition) is 1. The number of carbonyl (C=O) groups is 1. The molecule has 2 aromatic rings. The van der Waals surface area contributed by atoms with Crippen molar-refractivity contribution in [2.45, 2.75) is 19.4 Å². The van der Waals surface area contributed by atoms with Gasteiger partial charge >= 0.3 is 5.97 Å². The van der Waals surface area contributed by atoms with Gasteiger partial charge in [-0.25, -0.2) is 4.79 Å². The molecule has 1 aromatic heterocycles. The fourth-order valence-corrected chi connectivity index (χ4v) is 1.96. The van der Waals surface area contributed by atoms with Crippen LogP contribution in [0.1, 0.15) is 13.8 Å².